The van der Waals surface area contributed by atoms with Crippen molar-refractivity contribution in [1.82, 2.24) is 0 Å². The molecular formula is C25H42O4. The van der Waals surface area contributed by atoms with E-state index in [1.807, 2.05) is 0 Å². The fraction of sp³-hybridized carbons (Fsp3) is 0.960. The zero-order valence-electron chi connectivity index (χ0n) is 18.9. The van der Waals surface area contributed by atoms with Crippen LogP contribution in [0.5, 0.6) is 0 Å². The summed E-state index contributed by atoms with van der Waals surface area (Å²) in [6.45, 7) is 7.12. The molecule has 0 amide bonds. The molecule has 4 heteroatoms. The average molecular weight is 407 g/mol. The van der Waals surface area contributed by atoms with E-state index in [1.165, 1.54) is 32.8 Å². The van der Waals surface area contributed by atoms with Crippen LogP contribution in [0.15, 0.2) is 0 Å². The van der Waals surface area contributed by atoms with Crippen LogP contribution in [0.3, 0.4) is 0 Å². The number of hydrogen-bond donors (Lipinski definition) is 2. The van der Waals surface area contributed by atoms with Crippen molar-refractivity contribution in [1.29, 1.82) is 0 Å². The number of carbonyl (C=O) groups is 1. The van der Waals surface area contributed by atoms with Crippen molar-refractivity contribution < 1.29 is 19.7 Å². The van der Waals surface area contributed by atoms with E-state index in [9.17, 15) is 15.0 Å². The highest BCUT2D eigenvalue weighted by molar-refractivity contribution is 5.69. The van der Waals surface area contributed by atoms with E-state index >= 15 is 0 Å². The first-order chi connectivity index (χ1) is 13.7. The van der Waals surface area contributed by atoms with Gasteiger partial charge in [-0.1, -0.05) is 20.8 Å². The summed E-state index contributed by atoms with van der Waals surface area (Å²) in [7, 11) is 1.46. The van der Waals surface area contributed by atoms with Gasteiger partial charge >= 0.3 is 5.97 Å². The summed E-state index contributed by atoms with van der Waals surface area (Å²) in [6.07, 6.45) is 9.86. The highest BCUT2D eigenvalue weighted by Gasteiger charge is 2.63. The Balaban J connectivity index is 1.53. The molecule has 0 aromatic rings. The van der Waals surface area contributed by atoms with E-state index in [1.54, 1.807) is 0 Å². The molecule has 2 N–H and O–H groups in total. The van der Waals surface area contributed by atoms with Gasteiger partial charge in [-0.05, 0) is 104 Å². The number of hydrogen-bond acceptors (Lipinski definition) is 4. The van der Waals surface area contributed by atoms with Crippen LogP contribution in [0.25, 0.3) is 0 Å². The summed E-state index contributed by atoms with van der Waals surface area (Å²) in [5.41, 5.74) is 0.271. The van der Waals surface area contributed by atoms with Gasteiger partial charge in [0.1, 0.15) is 0 Å². The van der Waals surface area contributed by atoms with Crippen LogP contribution in [0.4, 0.5) is 0 Å². The van der Waals surface area contributed by atoms with Gasteiger partial charge in [-0.2, -0.15) is 0 Å². The second-order valence-corrected chi connectivity index (χ2v) is 11.5. The zero-order chi connectivity index (χ0) is 21.0. The fourth-order valence-corrected chi connectivity index (χ4v) is 8.81. The lowest BCUT2D eigenvalue weighted by Crippen LogP contribution is -2.58. The monoisotopic (exact) mass is 406 g/mol. The summed E-state index contributed by atoms with van der Waals surface area (Å²) < 4.78 is 4.85. The Morgan fingerprint density at radius 1 is 1.07 bits per heavy atom. The van der Waals surface area contributed by atoms with Gasteiger partial charge in [0.2, 0.25) is 0 Å². The lowest BCUT2D eigenvalue weighted by atomic mass is 9.43. The summed E-state index contributed by atoms with van der Waals surface area (Å²) in [4.78, 5) is 11.6. The fourth-order valence-electron chi connectivity index (χ4n) is 8.81. The van der Waals surface area contributed by atoms with E-state index < -0.39 is 0 Å². The van der Waals surface area contributed by atoms with Gasteiger partial charge < -0.3 is 14.9 Å². The third kappa shape index (κ3) is 3.37. The summed E-state index contributed by atoms with van der Waals surface area (Å²) in [6, 6.07) is 0. The van der Waals surface area contributed by atoms with Crippen molar-refractivity contribution in [3.8, 4) is 0 Å². The molecule has 0 saturated heterocycles. The van der Waals surface area contributed by atoms with E-state index in [4.69, 9.17) is 4.74 Å². The van der Waals surface area contributed by atoms with Gasteiger partial charge in [0.05, 0.1) is 19.3 Å². The molecule has 0 heterocycles. The van der Waals surface area contributed by atoms with Gasteiger partial charge in [-0.3, -0.25) is 4.79 Å². The zero-order valence-corrected chi connectivity index (χ0v) is 18.9. The Bertz CT molecular complexity index is 620. The number of ether oxygens (including phenoxy) is 1. The third-order valence-electron chi connectivity index (χ3n) is 10.5. The van der Waals surface area contributed by atoms with Crippen LogP contribution >= 0.6 is 0 Å². The van der Waals surface area contributed by atoms with Gasteiger partial charge in [-0.25, -0.2) is 0 Å². The van der Waals surface area contributed by atoms with Gasteiger partial charge in [-0.15, -0.1) is 0 Å². The molecule has 29 heavy (non-hydrogen) atoms. The minimum Gasteiger partial charge on any atom is -0.469 e. The summed E-state index contributed by atoms with van der Waals surface area (Å²) >= 11 is 0. The molecule has 4 fully saturated rings. The Kier molecular flexibility index (Phi) is 5.83. The molecule has 0 aromatic heterocycles. The van der Waals surface area contributed by atoms with Crippen LogP contribution in [-0.4, -0.2) is 35.5 Å². The highest BCUT2D eigenvalue weighted by atomic mass is 16.5. The molecular weight excluding hydrogens is 364 g/mol. The standard InChI is InChI=1S/C25H42O4/c1-15(5-10-23(28)29-4)19-8-9-20-18-7-6-16-13-17(26)11-12-24(16,2)21(18)14-22(27)25(19,20)3/h15-22,26-27H,5-14H2,1-4H3/t15-,16+,17-,18?,19+,20+,21?,22+,24-,25+/m0/s1. The van der Waals surface area contributed by atoms with E-state index in [-0.39, 0.29) is 23.6 Å². The van der Waals surface area contributed by atoms with Gasteiger partial charge in [0, 0.05) is 6.42 Å². The quantitative estimate of drug-likeness (QED) is 0.671. The molecule has 4 aliphatic carbocycles. The number of aliphatic hydroxyl groups is 2. The third-order valence-corrected chi connectivity index (χ3v) is 10.5. The van der Waals surface area contributed by atoms with E-state index in [2.05, 4.69) is 20.8 Å². The maximum absolute atomic E-state index is 11.6. The minimum atomic E-state index is -0.246. The molecule has 0 radical (unpaired) electrons. The Hall–Kier alpha value is -0.610. The number of esters is 1. The van der Waals surface area contributed by atoms with Crippen LogP contribution in [0, 0.1) is 46.3 Å². The summed E-state index contributed by atoms with van der Waals surface area (Å²) in [5.74, 6) is 3.36. The predicted molar refractivity (Wildman–Crippen MR) is 113 cm³/mol. The highest BCUT2D eigenvalue weighted by Crippen LogP contribution is 2.68. The Morgan fingerprint density at radius 2 is 1.83 bits per heavy atom. The molecule has 0 aliphatic heterocycles. The first-order valence-corrected chi connectivity index (χ1v) is 12.1. The normalized spacial score (nSPS) is 50.2. The Morgan fingerprint density at radius 3 is 2.55 bits per heavy atom. The maximum Gasteiger partial charge on any atom is 0.305 e. The number of rotatable bonds is 4. The number of fused-ring (bicyclic) bond motifs is 5. The second-order valence-electron chi connectivity index (χ2n) is 11.5. The largest absolute Gasteiger partial charge is 0.469 e. The number of carbonyl (C=O) groups excluding carboxylic acids is 1. The molecule has 2 unspecified atom stereocenters. The van der Waals surface area contributed by atoms with E-state index in [0.717, 1.165) is 38.0 Å². The SMILES string of the molecule is COC(=O)CC[C@H](C)[C@H]1CC[C@@H]2C3CC[C@@H]4C[C@@H](O)CC[C@]4(C)C3C[C@@H](O)[C@@]21C. The molecule has 4 saturated carbocycles. The molecule has 0 spiro atoms. The van der Waals surface area contributed by atoms with Crippen molar-refractivity contribution in [3.63, 3.8) is 0 Å². The molecule has 4 rings (SSSR count). The molecule has 166 valence electrons. The first-order valence-electron chi connectivity index (χ1n) is 12.1. The summed E-state index contributed by atoms with van der Waals surface area (Å²) in [5, 5.41) is 21.8. The van der Waals surface area contributed by atoms with Gasteiger partial charge in [0.15, 0.2) is 0 Å². The van der Waals surface area contributed by atoms with Crippen LogP contribution in [0.2, 0.25) is 0 Å². The predicted octanol–water partition coefficient (Wildman–Crippen LogP) is 4.57. The molecule has 4 aliphatic rings. The smallest absolute Gasteiger partial charge is 0.305 e. The Labute approximate surface area is 176 Å². The van der Waals surface area contributed by atoms with Crippen molar-refractivity contribution in [2.75, 3.05) is 7.11 Å². The van der Waals surface area contributed by atoms with Crippen LogP contribution in [-0.2, 0) is 9.53 Å². The molecule has 10 atom stereocenters. The van der Waals surface area contributed by atoms with Gasteiger partial charge in [0.25, 0.3) is 0 Å². The number of methoxy groups -OCH3 is 1. The van der Waals surface area contributed by atoms with Crippen molar-refractivity contribution in [3.05, 3.63) is 0 Å². The first kappa shape index (κ1) is 21.6. The topological polar surface area (TPSA) is 66.8 Å². The van der Waals surface area contributed by atoms with Crippen molar-refractivity contribution in [2.24, 2.45) is 46.3 Å². The van der Waals surface area contributed by atoms with E-state index in [0.29, 0.717) is 41.4 Å². The molecule has 0 bridgehead atoms. The lowest BCUT2D eigenvalue weighted by molar-refractivity contribution is -0.175. The average Bonchev–Trinajstić information content (AvgIpc) is 3.06. The molecule has 0 aromatic carbocycles. The maximum atomic E-state index is 11.6. The van der Waals surface area contributed by atoms with Crippen molar-refractivity contribution in [2.45, 2.75) is 97.2 Å². The minimum absolute atomic E-state index is 0.0198. The van der Waals surface area contributed by atoms with Crippen LogP contribution in [0.1, 0.15) is 85.0 Å². The van der Waals surface area contributed by atoms with Crippen molar-refractivity contribution >= 4 is 5.97 Å². The molecule has 4 nitrogen and oxygen atoms in total. The second kappa shape index (κ2) is 7.82. The number of aliphatic hydroxyl groups excluding tert-OH is 2. The van der Waals surface area contributed by atoms with Crippen LogP contribution < -0.4 is 0 Å². The lowest BCUT2D eigenvalue weighted by Gasteiger charge is -2.62.